The molecule has 0 unspecified atom stereocenters. The Morgan fingerprint density at radius 1 is 1.41 bits per heavy atom. The minimum atomic E-state index is -0.283. The largest absolute Gasteiger partial charge is 0.346 e. The van der Waals surface area contributed by atoms with Crippen LogP contribution in [-0.4, -0.2) is 22.7 Å². The molecule has 2 amide bonds. The monoisotopic (exact) mass is 361 g/mol. The quantitative estimate of drug-likeness (QED) is 0.877. The van der Waals surface area contributed by atoms with Crippen molar-refractivity contribution < 1.29 is 9.63 Å². The number of anilines is 1. The predicted molar refractivity (Wildman–Crippen MR) is 87.3 cm³/mol. The van der Waals surface area contributed by atoms with Crippen molar-refractivity contribution in [3.63, 3.8) is 0 Å². The number of pyridine rings is 1. The number of rotatable bonds is 2. The van der Waals surface area contributed by atoms with Crippen LogP contribution in [0.5, 0.6) is 0 Å². The van der Waals surface area contributed by atoms with Gasteiger partial charge in [0.25, 0.3) is 0 Å². The van der Waals surface area contributed by atoms with Crippen LogP contribution in [0, 0.1) is 6.92 Å². The second-order valence-electron chi connectivity index (χ2n) is 5.09. The second kappa shape index (κ2) is 6.46. The summed E-state index contributed by atoms with van der Waals surface area (Å²) < 4.78 is 0.815. The maximum atomic E-state index is 12.5. The van der Waals surface area contributed by atoms with Crippen molar-refractivity contribution in [3.05, 3.63) is 58.3 Å². The van der Waals surface area contributed by atoms with Crippen LogP contribution >= 0.6 is 15.9 Å². The van der Waals surface area contributed by atoms with Crippen molar-refractivity contribution in [2.45, 2.75) is 19.4 Å². The topological polar surface area (TPSA) is 54.5 Å². The molecule has 1 fully saturated rings. The standard InChI is InChI=1S/C16H16BrN3O2/c1-11-14(9-13(17)10-18-11)19-16(21)20-15(7-8-22-20)12-5-3-2-4-6-12/h2-6,9-10,15H,7-8H2,1H3,(H,19,21)/t15-/m0/s1. The summed E-state index contributed by atoms with van der Waals surface area (Å²) in [5.41, 5.74) is 2.49. The van der Waals surface area contributed by atoms with E-state index in [4.69, 9.17) is 4.84 Å². The molecule has 1 aromatic heterocycles. The van der Waals surface area contributed by atoms with Crippen LogP contribution in [0.3, 0.4) is 0 Å². The first-order valence-corrected chi connectivity index (χ1v) is 7.84. The van der Waals surface area contributed by atoms with Crippen LogP contribution in [0.2, 0.25) is 0 Å². The van der Waals surface area contributed by atoms with Crippen LogP contribution in [0.4, 0.5) is 10.5 Å². The summed E-state index contributed by atoms with van der Waals surface area (Å²) in [4.78, 5) is 22.2. The van der Waals surface area contributed by atoms with Gasteiger partial charge in [-0.2, -0.15) is 5.06 Å². The summed E-state index contributed by atoms with van der Waals surface area (Å²) in [7, 11) is 0. The minimum Gasteiger partial charge on any atom is -0.304 e. The van der Waals surface area contributed by atoms with Gasteiger partial charge in [-0.1, -0.05) is 30.3 Å². The summed E-state index contributed by atoms with van der Waals surface area (Å²) >= 11 is 3.36. The Balaban J connectivity index is 1.78. The van der Waals surface area contributed by atoms with Crippen molar-refractivity contribution in [2.75, 3.05) is 11.9 Å². The van der Waals surface area contributed by atoms with Gasteiger partial charge in [-0.15, -0.1) is 0 Å². The number of urea groups is 1. The molecule has 1 aliphatic rings. The second-order valence-corrected chi connectivity index (χ2v) is 6.01. The zero-order valence-electron chi connectivity index (χ0n) is 12.1. The average Bonchev–Trinajstić information content (AvgIpc) is 3.01. The van der Waals surface area contributed by atoms with Crippen LogP contribution in [0.15, 0.2) is 47.1 Å². The van der Waals surface area contributed by atoms with Gasteiger partial charge in [-0.3, -0.25) is 9.82 Å². The van der Waals surface area contributed by atoms with Crippen molar-refractivity contribution >= 4 is 27.6 Å². The van der Waals surface area contributed by atoms with Gasteiger partial charge in [0.05, 0.1) is 24.0 Å². The van der Waals surface area contributed by atoms with Gasteiger partial charge in [0, 0.05) is 17.1 Å². The van der Waals surface area contributed by atoms with Crippen molar-refractivity contribution in [1.82, 2.24) is 10.0 Å². The molecule has 1 atom stereocenters. The van der Waals surface area contributed by atoms with E-state index < -0.39 is 0 Å². The normalized spacial score (nSPS) is 17.5. The average molecular weight is 362 g/mol. The number of hydrogen-bond donors (Lipinski definition) is 1. The van der Waals surface area contributed by atoms with Gasteiger partial charge >= 0.3 is 6.03 Å². The highest BCUT2D eigenvalue weighted by Gasteiger charge is 2.31. The third-order valence-corrected chi connectivity index (χ3v) is 4.02. The summed E-state index contributed by atoms with van der Waals surface area (Å²) in [6.45, 7) is 2.38. The Morgan fingerprint density at radius 2 is 2.18 bits per heavy atom. The molecular weight excluding hydrogens is 346 g/mol. The van der Waals surface area contributed by atoms with Crippen molar-refractivity contribution in [2.24, 2.45) is 0 Å². The minimum absolute atomic E-state index is 0.0679. The smallest absolute Gasteiger partial charge is 0.304 e. The molecule has 6 heteroatoms. The number of aryl methyl sites for hydroxylation is 1. The maximum absolute atomic E-state index is 12.5. The molecule has 22 heavy (non-hydrogen) atoms. The summed E-state index contributed by atoms with van der Waals surface area (Å²) in [6, 6.07) is 11.4. The van der Waals surface area contributed by atoms with E-state index in [2.05, 4.69) is 26.2 Å². The number of aromatic nitrogens is 1. The number of benzene rings is 1. The molecule has 2 heterocycles. The van der Waals surface area contributed by atoms with Gasteiger partial charge in [0.1, 0.15) is 0 Å². The highest BCUT2D eigenvalue weighted by Crippen LogP contribution is 2.31. The predicted octanol–water partition coefficient (Wildman–Crippen LogP) is 4.06. The molecule has 5 nitrogen and oxygen atoms in total. The number of carbonyl (C=O) groups is 1. The molecule has 0 bridgehead atoms. The van der Waals surface area contributed by atoms with Gasteiger partial charge in [-0.25, -0.2) is 4.79 Å². The molecule has 114 valence electrons. The summed E-state index contributed by atoms with van der Waals surface area (Å²) in [5.74, 6) is 0. The molecule has 1 aromatic carbocycles. The Kier molecular flexibility index (Phi) is 4.40. The molecule has 0 spiro atoms. The van der Waals surface area contributed by atoms with Gasteiger partial charge in [0.15, 0.2) is 0 Å². The molecule has 2 aromatic rings. The molecule has 0 radical (unpaired) electrons. The maximum Gasteiger partial charge on any atom is 0.346 e. The molecule has 0 saturated carbocycles. The first kappa shape index (κ1) is 15.0. The van der Waals surface area contributed by atoms with Crippen LogP contribution < -0.4 is 5.32 Å². The van der Waals surface area contributed by atoms with Gasteiger partial charge in [0.2, 0.25) is 0 Å². The van der Waals surface area contributed by atoms with E-state index in [9.17, 15) is 4.79 Å². The van der Waals surface area contributed by atoms with E-state index in [0.717, 1.165) is 22.2 Å². The van der Waals surface area contributed by atoms with E-state index in [1.165, 1.54) is 5.06 Å². The lowest BCUT2D eigenvalue weighted by atomic mass is 10.1. The lowest BCUT2D eigenvalue weighted by Gasteiger charge is -2.23. The van der Waals surface area contributed by atoms with Gasteiger partial charge in [-0.05, 0) is 34.5 Å². The van der Waals surface area contributed by atoms with Crippen LogP contribution in [0.1, 0.15) is 23.7 Å². The first-order valence-electron chi connectivity index (χ1n) is 7.05. The Bertz CT molecular complexity index is 678. The number of halogens is 1. The van der Waals surface area contributed by atoms with Gasteiger partial charge < -0.3 is 5.32 Å². The summed E-state index contributed by atoms with van der Waals surface area (Å²) in [5, 5.41) is 4.27. The fourth-order valence-corrected chi connectivity index (χ4v) is 2.78. The highest BCUT2D eigenvalue weighted by molar-refractivity contribution is 9.10. The molecule has 1 N–H and O–H groups in total. The van der Waals surface area contributed by atoms with E-state index >= 15 is 0 Å². The Morgan fingerprint density at radius 3 is 2.95 bits per heavy atom. The van der Waals surface area contributed by atoms with Crippen LogP contribution in [-0.2, 0) is 4.84 Å². The van der Waals surface area contributed by atoms with Crippen LogP contribution in [0.25, 0.3) is 0 Å². The first-order chi connectivity index (χ1) is 10.6. The van der Waals surface area contributed by atoms with E-state index in [0.29, 0.717) is 12.3 Å². The number of nitrogens with zero attached hydrogens (tertiary/aromatic N) is 2. The molecule has 3 rings (SSSR count). The summed E-state index contributed by atoms with van der Waals surface area (Å²) in [6.07, 6.45) is 2.48. The Labute approximate surface area is 137 Å². The van der Waals surface area contributed by atoms with E-state index in [-0.39, 0.29) is 12.1 Å². The highest BCUT2D eigenvalue weighted by atomic mass is 79.9. The number of carbonyl (C=O) groups excluding carboxylic acids is 1. The third-order valence-electron chi connectivity index (χ3n) is 3.58. The number of hydroxylamine groups is 2. The fraction of sp³-hybridized carbons (Fsp3) is 0.250. The number of nitrogens with one attached hydrogen (secondary N) is 1. The fourth-order valence-electron chi connectivity index (χ4n) is 2.45. The lowest BCUT2D eigenvalue weighted by molar-refractivity contribution is -0.0829. The molecular formula is C16H16BrN3O2. The number of hydrogen-bond acceptors (Lipinski definition) is 3. The van der Waals surface area contributed by atoms with E-state index in [1.807, 2.05) is 43.3 Å². The van der Waals surface area contributed by atoms with E-state index in [1.54, 1.807) is 6.20 Å². The zero-order chi connectivity index (χ0) is 15.5. The van der Waals surface area contributed by atoms with Crippen molar-refractivity contribution in [3.8, 4) is 0 Å². The molecule has 1 saturated heterocycles. The Hall–Kier alpha value is -1.92. The molecule has 1 aliphatic heterocycles. The third kappa shape index (κ3) is 3.13. The zero-order valence-corrected chi connectivity index (χ0v) is 13.7. The lowest BCUT2D eigenvalue weighted by Crippen LogP contribution is -2.33. The SMILES string of the molecule is Cc1ncc(Br)cc1NC(=O)N1OCC[C@H]1c1ccccc1. The molecule has 0 aliphatic carbocycles. The number of amides is 2. The van der Waals surface area contributed by atoms with Crippen molar-refractivity contribution in [1.29, 1.82) is 0 Å².